The molecule has 0 aromatic heterocycles. The molecule has 1 aromatic carbocycles. The molecule has 0 aliphatic heterocycles. The van der Waals surface area contributed by atoms with Crippen molar-refractivity contribution in [2.24, 2.45) is 10.9 Å². The molecular weight excluding hydrogens is 274 g/mol. The van der Waals surface area contributed by atoms with Gasteiger partial charge in [0, 0.05) is 19.6 Å². The van der Waals surface area contributed by atoms with E-state index < -0.39 is 0 Å². The zero-order valence-electron chi connectivity index (χ0n) is 13.9. The number of aliphatic imine (C=N–C) groups is 1. The summed E-state index contributed by atoms with van der Waals surface area (Å²) in [6.45, 7) is 7.76. The van der Waals surface area contributed by atoms with Gasteiger partial charge in [0.15, 0.2) is 5.96 Å². The van der Waals surface area contributed by atoms with E-state index in [0.29, 0.717) is 0 Å². The molecule has 22 heavy (non-hydrogen) atoms. The average Bonchev–Trinajstić information content (AvgIpc) is 3.34. The topological polar surface area (TPSA) is 45.7 Å². The van der Waals surface area contributed by atoms with Crippen LogP contribution < -0.4 is 15.4 Å². The van der Waals surface area contributed by atoms with E-state index in [1.807, 2.05) is 12.1 Å². The quantitative estimate of drug-likeness (QED) is 0.418. The van der Waals surface area contributed by atoms with Gasteiger partial charge in [-0.2, -0.15) is 0 Å². The second-order valence-electron chi connectivity index (χ2n) is 5.96. The Kier molecular flexibility index (Phi) is 7.07. The summed E-state index contributed by atoms with van der Waals surface area (Å²) in [7, 11) is 0. The number of benzene rings is 1. The van der Waals surface area contributed by atoms with Gasteiger partial charge in [-0.1, -0.05) is 17.7 Å². The predicted molar refractivity (Wildman–Crippen MR) is 92.6 cm³/mol. The molecule has 1 aliphatic rings. The van der Waals surface area contributed by atoms with Crippen LogP contribution in [0.15, 0.2) is 29.3 Å². The Morgan fingerprint density at radius 3 is 2.64 bits per heavy atom. The first-order valence-electron chi connectivity index (χ1n) is 8.49. The third-order valence-electron chi connectivity index (χ3n) is 3.70. The smallest absolute Gasteiger partial charge is 0.191 e. The van der Waals surface area contributed by atoms with Crippen LogP contribution in [0.25, 0.3) is 0 Å². The molecule has 0 bridgehead atoms. The summed E-state index contributed by atoms with van der Waals surface area (Å²) in [5, 5.41) is 6.69. The molecule has 0 unspecified atom stereocenters. The number of unbranched alkanes of at least 4 members (excludes halogenated alkanes) is 1. The van der Waals surface area contributed by atoms with Gasteiger partial charge in [0.05, 0.1) is 6.61 Å². The van der Waals surface area contributed by atoms with Crippen LogP contribution in [0, 0.1) is 12.8 Å². The summed E-state index contributed by atoms with van der Waals surface area (Å²) < 4.78 is 5.73. The zero-order valence-corrected chi connectivity index (χ0v) is 13.9. The third-order valence-corrected chi connectivity index (χ3v) is 3.70. The number of aryl methyl sites for hydroxylation is 1. The van der Waals surface area contributed by atoms with E-state index in [2.05, 4.69) is 41.6 Å². The minimum Gasteiger partial charge on any atom is -0.494 e. The van der Waals surface area contributed by atoms with Crippen molar-refractivity contribution in [3.63, 3.8) is 0 Å². The van der Waals surface area contributed by atoms with Crippen LogP contribution in [-0.2, 0) is 0 Å². The number of hydrogen-bond acceptors (Lipinski definition) is 2. The van der Waals surface area contributed by atoms with Crippen LogP contribution in [-0.4, -0.2) is 32.2 Å². The lowest BCUT2D eigenvalue weighted by Crippen LogP contribution is -2.38. The molecule has 0 amide bonds. The monoisotopic (exact) mass is 303 g/mol. The van der Waals surface area contributed by atoms with Gasteiger partial charge in [-0.15, -0.1) is 0 Å². The van der Waals surface area contributed by atoms with Crippen LogP contribution >= 0.6 is 0 Å². The van der Waals surface area contributed by atoms with E-state index in [4.69, 9.17) is 4.74 Å². The second kappa shape index (κ2) is 9.34. The van der Waals surface area contributed by atoms with Crippen LogP contribution in [0.1, 0.15) is 38.2 Å². The molecule has 4 heteroatoms. The molecule has 1 fully saturated rings. The van der Waals surface area contributed by atoms with Gasteiger partial charge in [0.2, 0.25) is 0 Å². The third kappa shape index (κ3) is 6.83. The van der Waals surface area contributed by atoms with Gasteiger partial charge >= 0.3 is 0 Å². The fourth-order valence-corrected chi connectivity index (χ4v) is 2.12. The van der Waals surface area contributed by atoms with Gasteiger partial charge in [-0.25, -0.2) is 0 Å². The molecule has 2 rings (SSSR count). The molecule has 0 radical (unpaired) electrons. The summed E-state index contributed by atoms with van der Waals surface area (Å²) in [4.78, 5) is 4.61. The first kappa shape index (κ1) is 16.7. The lowest BCUT2D eigenvalue weighted by atomic mass is 10.2. The highest BCUT2D eigenvalue weighted by molar-refractivity contribution is 5.79. The summed E-state index contributed by atoms with van der Waals surface area (Å²) in [5.74, 6) is 2.74. The highest BCUT2D eigenvalue weighted by Gasteiger charge is 2.20. The number of guanidine groups is 1. The summed E-state index contributed by atoms with van der Waals surface area (Å²) in [6, 6.07) is 8.22. The minimum atomic E-state index is 0.764. The van der Waals surface area contributed by atoms with E-state index in [-0.39, 0.29) is 0 Å². The van der Waals surface area contributed by atoms with Gasteiger partial charge in [-0.05, 0) is 57.6 Å². The molecular formula is C18H29N3O. The molecule has 2 N–H and O–H groups in total. The predicted octanol–water partition coefficient (Wildman–Crippen LogP) is 3.12. The lowest BCUT2D eigenvalue weighted by Gasteiger charge is -2.11. The number of ether oxygens (including phenoxy) is 1. The molecule has 4 nitrogen and oxygen atoms in total. The molecule has 0 spiro atoms. The normalized spacial score (nSPS) is 14.7. The molecule has 122 valence electrons. The Labute approximate surface area is 134 Å². The molecule has 0 saturated heterocycles. The Morgan fingerprint density at radius 1 is 1.18 bits per heavy atom. The fourth-order valence-electron chi connectivity index (χ4n) is 2.12. The van der Waals surface area contributed by atoms with Crippen LogP contribution in [0.4, 0.5) is 0 Å². The van der Waals surface area contributed by atoms with Crippen molar-refractivity contribution in [1.82, 2.24) is 10.6 Å². The van der Waals surface area contributed by atoms with Crippen LogP contribution in [0.5, 0.6) is 5.75 Å². The standard InChI is InChI=1S/C18H29N3O/c1-3-19-18(21-14-16-8-9-16)20-12-4-5-13-22-17-10-6-15(2)7-11-17/h6-7,10-11,16H,3-5,8-9,12-14H2,1-2H3,(H2,19,20,21). The SMILES string of the molecule is CCNC(=NCC1CC1)NCCCCOc1ccc(C)cc1. The first-order chi connectivity index (χ1) is 10.8. The van der Waals surface area contributed by atoms with Gasteiger partial charge < -0.3 is 15.4 Å². The average molecular weight is 303 g/mol. The number of nitrogens with one attached hydrogen (secondary N) is 2. The fraction of sp³-hybridized carbons (Fsp3) is 0.611. The van der Waals surface area contributed by atoms with Crippen molar-refractivity contribution in [1.29, 1.82) is 0 Å². The summed E-state index contributed by atoms with van der Waals surface area (Å²) in [6.07, 6.45) is 4.82. The summed E-state index contributed by atoms with van der Waals surface area (Å²) >= 11 is 0. The Balaban J connectivity index is 1.55. The first-order valence-corrected chi connectivity index (χ1v) is 8.49. The minimum absolute atomic E-state index is 0.764. The Bertz CT molecular complexity index is 452. The lowest BCUT2D eigenvalue weighted by molar-refractivity contribution is 0.307. The van der Waals surface area contributed by atoms with Crippen LogP contribution in [0.3, 0.4) is 0 Å². The van der Waals surface area contributed by atoms with E-state index in [1.165, 1.54) is 18.4 Å². The highest BCUT2D eigenvalue weighted by Crippen LogP contribution is 2.28. The molecule has 1 aliphatic carbocycles. The Morgan fingerprint density at radius 2 is 1.95 bits per heavy atom. The van der Waals surface area contributed by atoms with Crippen molar-refractivity contribution in [2.75, 3.05) is 26.2 Å². The number of hydrogen-bond donors (Lipinski definition) is 2. The van der Waals surface area contributed by atoms with Crippen LogP contribution in [0.2, 0.25) is 0 Å². The highest BCUT2D eigenvalue weighted by atomic mass is 16.5. The molecule has 0 atom stereocenters. The largest absolute Gasteiger partial charge is 0.494 e. The summed E-state index contributed by atoms with van der Waals surface area (Å²) in [5.41, 5.74) is 1.26. The van der Waals surface area contributed by atoms with E-state index in [0.717, 1.165) is 56.7 Å². The molecule has 1 aromatic rings. The van der Waals surface area contributed by atoms with E-state index >= 15 is 0 Å². The molecule has 0 heterocycles. The zero-order chi connectivity index (χ0) is 15.6. The van der Waals surface area contributed by atoms with Gasteiger partial charge in [-0.3, -0.25) is 4.99 Å². The number of nitrogens with zero attached hydrogens (tertiary/aromatic N) is 1. The maximum atomic E-state index is 5.73. The van der Waals surface area contributed by atoms with Crippen molar-refractivity contribution in [3.05, 3.63) is 29.8 Å². The van der Waals surface area contributed by atoms with E-state index in [9.17, 15) is 0 Å². The maximum absolute atomic E-state index is 5.73. The number of rotatable bonds is 9. The van der Waals surface area contributed by atoms with E-state index in [1.54, 1.807) is 0 Å². The van der Waals surface area contributed by atoms with Crippen molar-refractivity contribution in [3.8, 4) is 5.75 Å². The van der Waals surface area contributed by atoms with Crippen molar-refractivity contribution in [2.45, 2.75) is 39.5 Å². The van der Waals surface area contributed by atoms with Gasteiger partial charge in [0.25, 0.3) is 0 Å². The van der Waals surface area contributed by atoms with Crippen molar-refractivity contribution >= 4 is 5.96 Å². The van der Waals surface area contributed by atoms with Crippen molar-refractivity contribution < 1.29 is 4.74 Å². The Hall–Kier alpha value is -1.71. The van der Waals surface area contributed by atoms with Gasteiger partial charge in [0.1, 0.15) is 5.75 Å². The second-order valence-corrected chi connectivity index (χ2v) is 5.96. The maximum Gasteiger partial charge on any atom is 0.191 e. The molecule has 1 saturated carbocycles.